The number of nitrogens with one attached hydrogen (secondary N) is 1. The Morgan fingerprint density at radius 1 is 1.15 bits per heavy atom. The average Bonchev–Trinajstić information content (AvgIpc) is 3.38. The number of amides is 1. The number of carbonyl (C=O) groups is 1. The lowest BCUT2D eigenvalue weighted by Crippen LogP contribution is -2.35. The van der Waals surface area contributed by atoms with E-state index in [4.69, 9.17) is 15.2 Å². The fraction of sp³-hybridized carbons (Fsp3) is 0.360. The first kappa shape index (κ1) is 21.7. The Hall–Kier alpha value is -3.13. The van der Waals surface area contributed by atoms with Gasteiger partial charge in [0.2, 0.25) is 5.17 Å². The molecule has 33 heavy (non-hydrogen) atoms. The third-order valence-corrected chi connectivity index (χ3v) is 7.60. The first-order chi connectivity index (χ1) is 16.0. The van der Waals surface area contributed by atoms with Crippen molar-refractivity contribution in [3.8, 4) is 11.4 Å². The molecule has 0 saturated heterocycles. The lowest BCUT2D eigenvalue weighted by atomic mass is 9.90. The van der Waals surface area contributed by atoms with Crippen molar-refractivity contribution in [2.45, 2.75) is 46.0 Å². The molecular formula is C25H27N5O2S. The summed E-state index contributed by atoms with van der Waals surface area (Å²) in [5, 5.41) is 16.4. The third-order valence-electron chi connectivity index (χ3n) is 6.53. The molecule has 0 atom stereocenters. The van der Waals surface area contributed by atoms with Gasteiger partial charge in [-0.15, -0.1) is 0 Å². The van der Waals surface area contributed by atoms with Crippen LogP contribution in [0.15, 0.2) is 46.0 Å². The molecule has 3 heterocycles. The predicted molar refractivity (Wildman–Crippen MR) is 133 cm³/mol. The van der Waals surface area contributed by atoms with Crippen LogP contribution in [0.2, 0.25) is 0 Å². The highest BCUT2D eigenvalue weighted by Gasteiger charge is 2.38. The molecule has 1 fully saturated rings. The molecule has 0 bridgehead atoms. The molecule has 1 amide bonds. The lowest BCUT2D eigenvalue weighted by Gasteiger charge is -2.20. The SMILES string of the molecule is COc1ccc(-n2c(C)cc(C=C3C(=N)N4N=C(C5CCCCC5)SC4=NC3=O)c2C)cc1. The second-order valence-corrected chi connectivity index (χ2v) is 9.64. The number of aliphatic imine (C=N–C) groups is 1. The molecule has 1 aromatic heterocycles. The lowest BCUT2D eigenvalue weighted by molar-refractivity contribution is -0.114. The summed E-state index contributed by atoms with van der Waals surface area (Å²) in [6, 6.07) is 9.89. The van der Waals surface area contributed by atoms with Crippen molar-refractivity contribution < 1.29 is 9.53 Å². The first-order valence-corrected chi connectivity index (χ1v) is 12.1. The van der Waals surface area contributed by atoms with E-state index in [1.165, 1.54) is 36.0 Å². The maximum absolute atomic E-state index is 12.9. The minimum atomic E-state index is -0.381. The van der Waals surface area contributed by atoms with Gasteiger partial charge in [0.15, 0.2) is 5.84 Å². The summed E-state index contributed by atoms with van der Waals surface area (Å²) in [5.74, 6) is 0.927. The monoisotopic (exact) mass is 461 g/mol. The minimum absolute atomic E-state index is 0.0950. The molecule has 170 valence electrons. The van der Waals surface area contributed by atoms with Gasteiger partial charge in [0.25, 0.3) is 5.91 Å². The Balaban J connectivity index is 1.46. The minimum Gasteiger partial charge on any atom is -0.497 e. The molecule has 1 N–H and O–H groups in total. The molecule has 0 radical (unpaired) electrons. The molecule has 8 heteroatoms. The Morgan fingerprint density at radius 3 is 2.58 bits per heavy atom. The molecule has 1 aliphatic carbocycles. The topological polar surface area (TPSA) is 83.0 Å². The van der Waals surface area contributed by atoms with Gasteiger partial charge in [-0.1, -0.05) is 19.3 Å². The van der Waals surface area contributed by atoms with Crippen LogP contribution in [0.3, 0.4) is 0 Å². The molecule has 2 aromatic rings. The molecule has 0 unspecified atom stereocenters. The van der Waals surface area contributed by atoms with Crippen molar-refractivity contribution in [1.29, 1.82) is 5.41 Å². The van der Waals surface area contributed by atoms with E-state index in [2.05, 4.69) is 9.56 Å². The van der Waals surface area contributed by atoms with Gasteiger partial charge in [0.1, 0.15) is 10.8 Å². The van der Waals surface area contributed by atoms with Crippen LogP contribution in [0.25, 0.3) is 11.8 Å². The summed E-state index contributed by atoms with van der Waals surface area (Å²) in [6.07, 6.45) is 7.70. The zero-order valence-corrected chi connectivity index (χ0v) is 19.9. The number of thioether (sulfide) groups is 1. The average molecular weight is 462 g/mol. The van der Waals surface area contributed by atoms with E-state index in [0.717, 1.165) is 46.3 Å². The van der Waals surface area contributed by atoms with Crippen LogP contribution in [0, 0.1) is 25.2 Å². The largest absolute Gasteiger partial charge is 0.497 e. The summed E-state index contributed by atoms with van der Waals surface area (Å²) in [5.41, 5.74) is 4.19. The number of benzene rings is 1. The number of fused-ring (bicyclic) bond motifs is 1. The predicted octanol–water partition coefficient (Wildman–Crippen LogP) is 5.30. The number of hydrazone groups is 1. The smallest absolute Gasteiger partial charge is 0.283 e. The number of amidine groups is 2. The van der Waals surface area contributed by atoms with Crippen LogP contribution in [0.4, 0.5) is 0 Å². The summed E-state index contributed by atoms with van der Waals surface area (Å²) < 4.78 is 7.39. The number of methoxy groups -OCH3 is 1. The van der Waals surface area contributed by atoms with E-state index in [1.54, 1.807) is 13.2 Å². The van der Waals surface area contributed by atoms with E-state index >= 15 is 0 Å². The van der Waals surface area contributed by atoms with Crippen molar-refractivity contribution in [3.63, 3.8) is 0 Å². The van der Waals surface area contributed by atoms with Crippen LogP contribution >= 0.6 is 11.8 Å². The van der Waals surface area contributed by atoms with Gasteiger partial charge < -0.3 is 9.30 Å². The van der Waals surface area contributed by atoms with Crippen molar-refractivity contribution in [1.82, 2.24) is 9.58 Å². The van der Waals surface area contributed by atoms with Crippen molar-refractivity contribution in [2.75, 3.05) is 7.11 Å². The summed E-state index contributed by atoms with van der Waals surface area (Å²) in [6.45, 7) is 4.04. The van der Waals surface area contributed by atoms with Gasteiger partial charge in [-0.25, -0.2) is 0 Å². The van der Waals surface area contributed by atoms with Gasteiger partial charge in [0, 0.05) is 23.0 Å². The third kappa shape index (κ3) is 3.93. The zero-order chi connectivity index (χ0) is 23.1. The van der Waals surface area contributed by atoms with Crippen molar-refractivity contribution >= 4 is 39.8 Å². The highest BCUT2D eigenvalue weighted by atomic mass is 32.2. The fourth-order valence-electron chi connectivity index (χ4n) is 4.74. The van der Waals surface area contributed by atoms with Gasteiger partial charge in [-0.3, -0.25) is 10.2 Å². The number of nitrogens with zero attached hydrogens (tertiary/aromatic N) is 4. The quantitative estimate of drug-likeness (QED) is 0.626. The van der Waals surface area contributed by atoms with E-state index in [9.17, 15) is 4.79 Å². The highest BCUT2D eigenvalue weighted by molar-refractivity contribution is 8.27. The second-order valence-electron chi connectivity index (χ2n) is 8.65. The number of ether oxygens (including phenoxy) is 1. The molecule has 1 aromatic carbocycles. The van der Waals surface area contributed by atoms with Crippen LogP contribution in [-0.4, -0.2) is 38.6 Å². The number of hydrogen-bond acceptors (Lipinski definition) is 5. The maximum atomic E-state index is 12.9. The normalized spacial score (nSPS) is 20.2. The van der Waals surface area contributed by atoms with Crippen molar-refractivity contribution in [3.05, 3.63) is 52.9 Å². The molecule has 1 saturated carbocycles. The number of carbonyl (C=O) groups excluding carboxylic acids is 1. The van der Waals surface area contributed by atoms with Crippen LogP contribution in [0.1, 0.15) is 49.1 Å². The number of rotatable bonds is 4. The second kappa shape index (κ2) is 8.67. The molecule has 0 spiro atoms. The summed E-state index contributed by atoms with van der Waals surface area (Å²) >= 11 is 1.45. The zero-order valence-electron chi connectivity index (χ0n) is 19.1. The van der Waals surface area contributed by atoms with E-state index in [-0.39, 0.29) is 17.3 Å². The maximum Gasteiger partial charge on any atom is 0.283 e. The van der Waals surface area contributed by atoms with Gasteiger partial charge >= 0.3 is 0 Å². The molecule has 2 aliphatic heterocycles. The van der Waals surface area contributed by atoms with Crippen LogP contribution in [0.5, 0.6) is 5.75 Å². The molecule has 3 aliphatic rings. The van der Waals surface area contributed by atoms with Gasteiger partial charge in [0.05, 0.1) is 12.7 Å². The number of aryl methyl sites for hydroxylation is 1. The summed E-state index contributed by atoms with van der Waals surface area (Å²) in [4.78, 5) is 17.1. The Labute approximate surface area is 197 Å². The molecular weight excluding hydrogens is 434 g/mol. The number of hydrogen-bond donors (Lipinski definition) is 1. The Kier molecular flexibility index (Phi) is 5.70. The molecule has 5 rings (SSSR count). The summed E-state index contributed by atoms with van der Waals surface area (Å²) in [7, 11) is 1.65. The first-order valence-electron chi connectivity index (χ1n) is 11.3. The van der Waals surface area contributed by atoms with Gasteiger partial charge in [-0.2, -0.15) is 15.1 Å². The molecule has 7 nitrogen and oxygen atoms in total. The van der Waals surface area contributed by atoms with E-state index in [0.29, 0.717) is 11.1 Å². The van der Waals surface area contributed by atoms with E-state index < -0.39 is 0 Å². The van der Waals surface area contributed by atoms with E-state index in [1.807, 2.05) is 44.2 Å². The fourth-order valence-corrected chi connectivity index (χ4v) is 5.80. The Bertz CT molecular complexity index is 1220. The number of aromatic nitrogens is 1. The van der Waals surface area contributed by atoms with Crippen LogP contribution < -0.4 is 4.74 Å². The Morgan fingerprint density at radius 2 is 1.88 bits per heavy atom. The standard InChI is InChI=1S/C25H27N5O2S/c1-15-13-18(16(2)29(15)19-9-11-20(32-3)12-10-19)14-21-22(26)30-25(27-23(21)31)33-24(28-30)17-7-5-4-6-8-17/h9-14,17,26H,4-8H2,1-3H3. The highest BCUT2D eigenvalue weighted by Crippen LogP contribution is 2.36. The van der Waals surface area contributed by atoms with Crippen LogP contribution in [-0.2, 0) is 4.79 Å². The van der Waals surface area contributed by atoms with Crippen molar-refractivity contribution in [2.24, 2.45) is 16.0 Å². The van der Waals surface area contributed by atoms with Gasteiger partial charge in [-0.05, 0) is 80.4 Å².